The van der Waals surface area contributed by atoms with Gasteiger partial charge in [0.2, 0.25) is 0 Å². The van der Waals surface area contributed by atoms with E-state index in [4.69, 9.17) is 9.47 Å². The van der Waals surface area contributed by atoms with E-state index in [0.717, 1.165) is 0 Å². The summed E-state index contributed by atoms with van der Waals surface area (Å²) >= 11 is 0. The number of nitrogens with one attached hydrogen (secondary N) is 4. The molecule has 4 N–H and O–H groups in total. The molecule has 0 radical (unpaired) electrons. The molecule has 0 fully saturated rings. The first-order chi connectivity index (χ1) is 16.5. The van der Waals surface area contributed by atoms with E-state index in [9.17, 15) is 19.2 Å². The van der Waals surface area contributed by atoms with Crippen LogP contribution in [0.4, 0.5) is 21.0 Å². The maximum absolute atomic E-state index is 11.9. The maximum atomic E-state index is 11.9. The van der Waals surface area contributed by atoms with Crippen molar-refractivity contribution in [3.63, 3.8) is 0 Å². The summed E-state index contributed by atoms with van der Waals surface area (Å²) in [5, 5.41) is 9.36. The van der Waals surface area contributed by atoms with E-state index in [2.05, 4.69) is 21.3 Å². The summed E-state index contributed by atoms with van der Waals surface area (Å²) < 4.78 is 10.7. The van der Waals surface area contributed by atoms with E-state index in [-0.39, 0.29) is 13.2 Å². The Morgan fingerprint density at radius 1 is 0.529 bits per heavy atom. The number of imide groups is 2. The van der Waals surface area contributed by atoms with Crippen LogP contribution in [0.2, 0.25) is 0 Å². The molecule has 34 heavy (non-hydrogen) atoms. The summed E-state index contributed by atoms with van der Waals surface area (Å²) in [7, 11) is 0. The van der Waals surface area contributed by atoms with E-state index in [1.165, 1.54) is 24.3 Å². The molecule has 0 heterocycles. The van der Waals surface area contributed by atoms with Gasteiger partial charge in [-0.3, -0.25) is 20.2 Å². The Bertz CT molecular complexity index is 1030. The molecule has 0 aliphatic heterocycles. The molecule has 6 amide bonds. The molecule has 174 valence electrons. The minimum Gasteiger partial charge on any atom is -0.484 e. The van der Waals surface area contributed by atoms with Gasteiger partial charge in [0.05, 0.1) is 0 Å². The van der Waals surface area contributed by atoms with Crippen molar-refractivity contribution in [1.82, 2.24) is 10.6 Å². The van der Waals surface area contributed by atoms with Gasteiger partial charge in [-0.1, -0.05) is 36.4 Å². The quantitative estimate of drug-likeness (QED) is 0.406. The molecule has 10 heteroatoms. The Labute approximate surface area is 195 Å². The second-order valence-corrected chi connectivity index (χ2v) is 6.79. The number of rotatable bonds is 8. The minimum absolute atomic E-state index is 0.359. The molecule has 0 aromatic heterocycles. The molecule has 0 aliphatic rings. The highest BCUT2D eigenvalue weighted by molar-refractivity contribution is 6.02. The van der Waals surface area contributed by atoms with Crippen LogP contribution in [0.15, 0.2) is 84.9 Å². The molecule has 0 aliphatic carbocycles. The van der Waals surface area contributed by atoms with Crippen molar-refractivity contribution < 1.29 is 28.7 Å². The molecular weight excluding hydrogens is 440 g/mol. The van der Waals surface area contributed by atoms with Gasteiger partial charge < -0.3 is 20.1 Å². The van der Waals surface area contributed by atoms with Crippen molar-refractivity contribution in [2.24, 2.45) is 0 Å². The zero-order valence-corrected chi connectivity index (χ0v) is 17.9. The molecule has 0 atom stereocenters. The molecule has 0 saturated carbocycles. The molecule has 0 spiro atoms. The van der Waals surface area contributed by atoms with Gasteiger partial charge in [0, 0.05) is 11.4 Å². The monoisotopic (exact) mass is 462 g/mol. The fourth-order valence-electron chi connectivity index (χ4n) is 2.62. The van der Waals surface area contributed by atoms with Crippen LogP contribution < -0.4 is 30.7 Å². The number of hydrogen-bond donors (Lipinski definition) is 4. The number of carbonyl (C=O) groups is 4. The highest BCUT2D eigenvalue weighted by atomic mass is 16.5. The number of benzene rings is 3. The van der Waals surface area contributed by atoms with E-state index in [0.29, 0.717) is 22.9 Å². The smallest absolute Gasteiger partial charge is 0.325 e. The average molecular weight is 462 g/mol. The van der Waals surface area contributed by atoms with Crippen LogP contribution >= 0.6 is 0 Å². The topological polar surface area (TPSA) is 135 Å². The number of amides is 6. The molecule has 0 bridgehead atoms. The first kappa shape index (κ1) is 23.8. The Balaban J connectivity index is 1.35. The third-order valence-electron chi connectivity index (χ3n) is 4.13. The lowest BCUT2D eigenvalue weighted by molar-refractivity contribution is -0.122. The fraction of sp³-hybridized carbons (Fsp3) is 0.0833. The Kier molecular flexibility index (Phi) is 8.57. The van der Waals surface area contributed by atoms with Crippen LogP contribution in [-0.2, 0) is 9.59 Å². The van der Waals surface area contributed by atoms with Gasteiger partial charge in [-0.2, -0.15) is 0 Å². The highest BCUT2D eigenvalue weighted by Gasteiger charge is 2.10. The number of ether oxygens (including phenoxy) is 2. The molecule has 0 saturated heterocycles. The Hall–Kier alpha value is -4.86. The van der Waals surface area contributed by atoms with Gasteiger partial charge in [0.15, 0.2) is 13.2 Å². The molecule has 3 aromatic rings. The Morgan fingerprint density at radius 3 is 1.24 bits per heavy atom. The van der Waals surface area contributed by atoms with Crippen molar-refractivity contribution in [3.8, 4) is 11.5 Å². The summed E-state index contributed by atoms with van der Waals surface area (Å²) in [6, 6.07) is 22.2. The summed E-state index contributed by atoms with van der Waals surface area (Å²) in [5.41, 5.74) is 1.10. The van der Waals surface area contributed by atoms with E-state index in [1.807, 2.05) is 0 Å². The third kappa shape index (κ3) is 8.35. The SMILES string of the molecule is O=C(COc1ccc(OCC(=O)NC(=O)Nc2ccccc2)cc1)NC(=O)Nc1ccccc1. The van der Waals surface area contributed by atoms with E-state index >= 15 is 0 Å². The summed E-state index contributed by atoms with van der Waals surface area (Å²) in [6.07, 6.45) is 0. The van der Waals surface area contributed by atoms with Crippen LogP contribution in [0, 0.1) is 0 Å². The van der Waals surface area contributed by atoms with Crippen molar-refractivity contribution in [2.75, 3.05) is 23.8 Å². The molecule has 10 nitrogen and oxygen atoms in total. The Morgan fingerprint density at radius 2 is 0.882 bits per heavy atom. The molecule has 3 aromatic carbocycles. The van der Waals surface area contributed by atoms with Crippen LogP contribution in [-0.4, -0.2) is 37.1 Å². The third-order valence-corrected chi connectivity index (χ3v) is 4.13. The van der Waals surface area contributed by atoms with Gasteiger partial charge >= 0.3 is 12.1 Å². The van der Waals surface area contributed by atoms with Crippen molar-refractivity contribution in [3.05, 3.63) is 84.9 Å². The summed E-state index contributed by atoms with van der Waals surface area (Å²) in [6.45, 7) is -0.747. The van der Waals surface area contributed by atoms with E-state index < -0.39 is 23.9 Å². The first-order valence-electron chi connectivity index (χ1n) is 10.2. The van der Waals surface area contributed by atoms with Gasteiger partial charge in [-0.25, -0.2) is 9.59 Å². The van der Waals surface area contributed by atoms with Crippen LogP contribution in [0.5, 0.6) is 11.5 Å². The van der Waals surface area contributed by atoms with Crippen LogP contribution in [0.3, 0.4) is 0 Å². The number of para-hydroxylation sites is 2. The number of hydrogen-bond acceptors (Lipinski definition) is 6. The lowest BCUT2D eigenvalue weighted by atomic mass is 10.3. The first-order valence-corrected chi connectivity index (χ1v) is 10.2. The molecule has 3 rings (SSSR count). The average Bonchev–Trinajstić information content (AvgIpc) is 2.83. The lowest BCUT2D eigenvalue weighted by Crippen LogP contribution is -2.37. The van der Waals surface area contributed by atoms with Crippen molar-refractivity contribution in [2.45, 2.75) is 0 Å². The number of urea groups is 2. The van der Waals surface area contributed by atoms with Crippen LogP contribution in [0.25, 0.3) is 0 Å². The number of anilines is 2. The molecular formula is C24H22N4O6. The fourth-order valence-corrected chi connectivity index (χ4v) is 2.62. The van der Waals surface area contributed by atoms with Crippen molar-refractivity contribution in [1.29, 1.82) is 0 Å². The van der Waals surface area contributed by atoms with Gasteiger partial charge in [0.1, 0.15) is 11.5 Å². The predicted molar refractivity (Wildman–Crippen MR) is 125 cm³/mol. The highest BCUT2D eigenvalue weighted by Crippen LogP contribution is 2.17. The van der Waals surface area contributed by atoms with Gasteiger partial charge in [-0.15, -0.1) is 0 Å². The lowest BCUT2D eigenvalue weighted by Gasteiger charge is -2.10. The normalized spacial score (nSPS) is 9.88. The maximum Gasteiger partial charge on any atom is 0.325 e. The summed E-state index contributed by atoms with van der Waals surface area (Å²) in [4.78, 5) is 47.3. The second-order valence-electron chi connectivity index (χ2n) is 6.79. The molecule has 0 unspecified atom stereocenters. The predicted octanol–water partition coefficient (Wildman–Crippen LogP) is 3.14. The second kappa shape index (κ2) is 12.2. The van der Waals surface area contributed by atoms with Gasteiger partial charge in [-0.05, 0) is 48.5 Å². The van der Waals surface area contributed by atoms with Crippen molar-refractivity contribution >= 4 is 35.3 Å². The van der Waals surface area contributed by atoms with Gasteiger partial charge in [0.25, 0.3) is 11.8 Å². The minimum atomic E-state index is -0.667. The van der Waals surface area contributed by atoms with Crippen LogP contribution in [0.1, 0.15) is 0 Å². The zero-order valence-electron chi connectivity index (χ0n) is 17.9. The largest absolute Gasteiger partial charge is 0.484 e. The standard InChI is InChI=1S/C24H22N4O6/c29-21(27-23(31)25-17-7-3-1-4-8-17)15-33-19-11-13-20(14-12-19)34-16-22(30)28-24(32)26-18-9-5-2-6-10-18/h1-14H,15-16H2,(H2,25,27,29,31)(H2,26,28,30,32). The number of carbonyl (C=O) groups excluding carboxylic acids is 4. The zero-order chi connectivity index (χ0) is 24.2. The summed E-state index contributed by atoms with van der Waals surface area (Å²) in [5.74, 6) is -0.534. The van der Waals surface area contributed by atoms with E-state index in [1.54, 1.807) is 60.7 Å².